The summed E-state index contributed by atoms with van der Waals surface area (Å²) in [4.78, 5) is 4.33. The van der Waals surface area contributed by atoms with E-state index in [1.165, 1.54) is 12.1 Å². The van der Waals surface area contributed by atoms with E-state index >= 15 is 0 Å². The standard InChI is InChI=1S/C14H13F3N2/c1-2-18-13-5-3-4-12(19-13)10-6-8-11(9-7-10)14(15,16)17/h3-9H,2H2,1H3,(H,18,19). The Bertz CT molecular complexity index is 547. The van der Waals surface area contributed by atoms with Gasteiger partial charge in [-0.25, -0.2) is 4.98 Å². The van der Waals surface area contributed by atoms with Gasteiger partial charge in [-0.1, -0.05) is 18.2 Å². The largest absolute Gasteiger partial charge is 0.416 e. The minimum atomic E-state index is -4.31. The average molecular weight is 266 g/mol. The summed E-state index contributed by atoms with van der Waals surface area (Å²) >= 11 is 0. The lowest BCUT2D eigenvalue weighted by Gasteiger charge is -2.08. The minimum Gasteiger partial charge on any atom is -0.370 e. The minimum absolute atomic E-state index is 0.646. The van der Waals surface area contributed by atoms with Gasteiger partial charge in [0.1, 0.15) is 5.82 Å². The van der Waals surface area contributed by atoms with Crippen molar-refractivity contribution in [2.45, 2.75) is 13.1 Å². The third-order valence-electron chi connectivity index (χ3n) is 2.61. The van der Waals surface area contributed by atoms with Crippen LogP contribution >= 0.6 is 0 Å². The van der Waals surface area contributed by atoms with Crippen LogP contribution in [-0.2, 0) is 6.18 Å². The summed E-state index contributed by atoms with van der Waals surface area (Å²) in [7, 11) is 0. The van der Waals surface area contributed by atoms with Gasteiger partial charge in [-0.15, -0.1) is 0 Å². The van der Waals surface area contributed by atoms with Crippen molar-refractivity contribution in [3.63, 3.8) is 0 Å². The number of pyridine rings is 1. The highest BCUT2D eigenvalue weighted by Crippen LogP contribution is 2.30. The molecule has 0 aliphatic rings. The molecule has 1 aromatic heterocycles. The first-order valence-electron chi connectivity index (χ1n) is 5.89. The summed E-state index contributed by atoms with van der Waals surface area (Å²) in [6.07, 6.45) is -4.31. The number of nitrogens with one attached hydrogen (secondary N) is 1. The second-order valence-electron chi connectivity index (χ2n) is 4.01. The van der Waals surface area contributed by atoms with Crippen molar-refractivity contribution < 1.29 is 13.2 Å². The summed E-state index contributed by atoms with van der Waals surface area (Å²) in [5.74, 6) is 0.708. The molecule has 19 heavy (non-hydrogen) atoms. The molecule has 0 atom stereocenters. The van der Waals surface area contributed by atoms with Gasteiger partial charge in [0, 0.05) is 12.1 Å². The maximum absolute atomic E-state index is 12.5. The molecule has 1 heterocycles. The topological polar surface area (TPSA) is 24.9 Å². The molecule has 0 aliphatic heterocycles. The predicted molar refractivity (Wildman–Crippen MR) is 68.8 cm³/mol. The van der Waals surface area contributed by atoms with E-state index in [0.29, 0.717) is 17.1 Å². The molecule has 0 aliphatic carbocycles. The SMILES string of the molecule is CCNc1cccc(-c2ccc(C(F)(F)F)cc2)n1. The first kappa shape index (κ1) is 13.4. The fourth-order valence-electron chi connectivity index (χ4n) is 1.71. The molecule has 0 radical (unpaired) electrons. The molecule has 0 bridgehead atoms. The fraction of sp³-hybridized carbons (Fsp3) is 0.214. The quantitative estimate of drug-likeness (QED) is 0.900. The summed E-state index contributed by atoms with van der Waals surface area (Å²) < 4.78 is 37.4. The second-order valence-corrected chi connectivity index (χ2v) is 4.01. The first-order chi connectivity index (χ1) is 9.00. The summed E-state index contributed by atoms with van der Waals surface area (Å²) in [5.41, 5.74) is 0.652. The Morgan fingerprint density at radius 1 is 1.05 bits per heavy atom. The highest BCUT2D eigenvalue weighted by atomic mass is 19.4. The van der Waals surface area contributed by atoms with E-state index in [2.05, 4.69) is 10.3 Å². The Balaban J connectivity index is 2.29. The van der Waals surface area contributed by atoms with Crippen LogP contribution in [0.25, 0.3) is 11.3 Å². The van der Waals surface area contributed by atoms with Gasteiger partial charge < -0.3 is 5.32 Å². The lowest BCUT2D eigenvalue weighted by Crippen LogP contribution is -2.04. The molecule has 0 saturated carbocycles. The summed E-state index contributed by atoms with van der Waals surface area (Å²) in [6.45, 7) is 2.69. The Morgan fingerprint density at radius 3 is 2.32 bits per heavy atom. The van der Waals surface area contributed by atoms with Gasteiger partial charge in [-0.2, -0.15) is 13.2 Å². The van der Waals surface area contributed by atoms with Crippen molar-refractivity contribution in [1.29, 1.82) is 0 Å². The zero-order chi connectivity index (χ0) is 13.9. The normalized spacial score (nSPS) is 11.4. The van der Waals surface area contributed by atoms with Crippen LogP contribution < -0.4 is 5.32 Å². The van der Waals surface area contributed by atoms with Crippen LogP contribution in [0, 0.1) is 0 Å². The number of aromatic nitrogens is 1. The molecule has 0 amide bonds. The molecule has 2 nitrogen and oxygen atoms in total. The van der Waals surface area contributed by atoms with E-state index in [4.69, 9.17) is 0 Å². The van der Waals surface area contributed by atoms with E-state index in [1.54, 1.807) is 6.07 Å². The molecular formula is C14H13F3N2. The third-order valence-corrected chi connectivity index (χ3v) is 2.61. The van der Waals surface area contributed by atoms with Crippen LogP contribution in [0.1, 0.15) is 12.5 Å². The Kier molecular flexibility index (Phi) is 3.74. The van der Waals surface area contributed by atoms with Gasteiger partial charge >= 0.3 is 6.18 Å². The molecule has 1 aromatic carbocycles. The van der Waals surface area contributed by atoms with Crippen molar-refractivity contribution in [3.05, 3.63) is 48.0 Å². The number of nitrogens with zero attached hydrogens (tertiary/aromatic N) is 1. The Morgan fingerprint density at radius 2 is 1.74 bits per heavy atom. The van der Waals surface area contributed by atoms with Gasteiger partial charge in [-0.05, 0) is 31.2 Å². The van der Waals surface area contributed by atoms with Crippen molar-refractivity contribution >= 4 is 5.82 Å². The van der Waals surface area contributed by atoms with E-state index in [1.807, 2.05) is 19.1 Å². The second kappa shape index (κ2) is 5.30. The van der Waals surface area contributed by atoms with Crippen molar-refractivity contribution in [2.75, 3.05) is 11.9 Å². The molecular weight excluding hydrogens is 253 g/mol. The van der Waals surface area contributed by atoms with Crippen molar-refractivity contribution in [1.82, 2.24) is 4.98 Å². The van der Waals surface area contributed by atoms with Gasteiger partial charge in [0.2, 0.25) is 0 Å². The van der Waals surface area contributed by atoms with E-state index in [9.17, 15) is 13.2 Å². The highest BCUT2D eigenvalue weighted by Gasteiger charge is 2.29. The molecule has 5 heteroatoms. The van der Waals surface area contributed by atoms with Crippen LogP contribution in [0.3, 0.4) is 0 Å². The molecule has 2 aromatic rings. The maximum atomic E-state index is 12.5. The first-order valence-corrected chi connectivity index (χ1v) is 5.89. The maximum Gasteiger partial charge on any atom is 0.416 e. The van der Waals surface area contributed by atoms with Crippen molar-refractivity contribution in [3.8, 4) is 11.3 Å². The van der Waals surface area contributed by atoms with E-state index < -0.39 is 11.7 Å². The molecule has 0 saturated heterocycles. The third kappa shape index (κ3) is 3.24. The van der Waals surface area contributed by atoms with Gasteiger partial charge in [-0.3, -0.25) is 0 Å². The zero-order valence-electron chi connectivity index (χ0n) is 10.3. The van der Waals surface area contributed by atoms with Crippen LogP contribution in [0.15, 0.2) is 42.5 Å². The predicted octanol–water partition coefficient (Wildman–Crippen LogP) is 4.20. The van der Waals surface area contributed by atoms with Crippen LogP contribution in [0.4, 0.5) is 19.0 Å². The number of hydrogen-bond donors (Lipinski definition) is 1. The molecule has 0 fully saturated rings. The number of benzene rings is 1. The number of halogens is 3. The van der Waals surface area contributed by atoms with Crippen LogP contribution in [0.2, 0.25) is 0 Å². The van der Waals surface area contributed by atoms with Crippen LogP contribution in [-0.4, -0.2) is 11.5 Å². The highest BCUT2D eigenvalue weighted by molar-refractivity contribution is 5.61. The number of rotatable bonds is 3. The number of anilines is 1. The number of alkyl halides is 3. The van der Waals surface area contributed by atoms with E-state index in [-0.39, 0.29) is 0 Å². The molecule has 0 unspecified atom stereocenters. The van der Waals surface area contributed by atoms with Gasteiger partial charge in [0.05, 0.1) is 11.3 Å². The average Bonchev–Trinajstić information content (AvgIpc) is 2.39. The van der Waals surface area contributed by atoms with Crippen LogP contribution in [0.5, 0.6) is 0 Å². The Labute approximate surface area is 109 Å². The zero-order valence-corrected chi connectivity index (χ0v) is 10.3. The molecule has 0 spiro atoms. The molecule has 100 valence electrons. The van der Waals surface area contributed by atoms with Gasteiger partial charge in [0.25, 0.3) is 0 Å². The smallest absolute Gasteiger partial charge is 0.370 e. The molecule has 2 rings (SSSR count). The lowest BCUT2D eigenvalue weighted by atomic mass is 10.1. The monoisotopic (exact) mass is 266 g/mol. The Hall–Kier alpha value is -2.04. The molecule has 1 N–H and O–H groups in total. The van der Waals surface area contributed by atoms with Gasteiger partial charge in [0.15, 0.2) is 0 Å². The fourth-order valence-corrected chi connectivity index (χ4v) is 1.71. The summed E-state index contributed by atoms with van der Waals surface area (Å²) in [6, 6.07) is 10.4. The van der Waals surface area contributed by atoms with E-state index in [0.717, 1.165) is 18.7 Å². The van der Waals surface area contributed by atoms with Crippen molar-refractivity contribution in [2.24, 2.45) is 0 Å². The number of hydrogen-bond acceptors (Lipinski definition) is 2. The lowest BCUT2D eigenvalue weighted by molar-refractivity contribution is -0.137. The summed E-state index contributed by atoms with van der Waals surface area (Å²) in [5, 5.41) is 3.06.